The molecule has 4 aliphatic rings. The van der Waals surface area contributed by atoms with Crippen molar-refractivity contribution in [1.82, 2.24) is 5.32 Å². The van der Waals surface area contributed by atoms with Gasteiger partial charge >= 0.3 is 23.9 Å². The van der Waals surface area contributed by atoms with E-state index >= 15 is 4.79 Å². The molecule has 4 N–H and O–H groups in total. The van der Waals surface area contributed by atoms with Crippen molar-refractivity contribution < 1.29 is 67.8 Å². The summed E-state index contributed by atoms with van der Waals surface area (Å²) < 4.78 is 30.3. The fourth-order valence-corrected chi connectivity index (χ4v) is 10.6. The number of esters is 4. The minimum absolute atomic E-state index is 0.0838. The normalized spacial score (nSPS) is 33.5. The van der Waals surface area contributed by atoms with Gasteiger partial charge in [0.25, 0.3) is 5.91 Å². The third kappa shape index (κ3) is 7.48. The predicted octanol–water partition coefficient (Wildman–Crippen LogP) is 3.46. The summed E-state index contributed by atoms with van der Waals surface area (Å²) in [5.74, 6) is -10.2. The number of aliphatic hydroxyl groups is 3. The molecule has 3 aromatic rings. The number of ether oxygens (including phenoxy) is 5. The number of benzene rings is 3. The van der Waals surface area contributed by atoms with Crippen LogP contribution in [-0.4, -0.2) is 105 Å². The van der Waals surface area contributed by atoms with Crippen LogP contribution in [0.15, 0.2) is 91.0 Å². The van der Waals surface area contributed by atoms with Crippen molar-refractivity contribution in [2.75, 3.05) is 6.61 Å². The lowest BCUT2D eigenvalue weighted by atomic mass is 9.45. The Balaban J connectivity index is 1.36. The minimum Gasteiger partial charge on any atom is -0.460 e. The largest absolute Gasteiger partial charge is 0.460 e. The van der Waals surface area contributed by atoms with Crippen LogP contribution < -0.4 is 5.32 Å². The zero-order valence-corrected chi connectivity index (χ0v) is 35.4. The number of carbonyl (C=O) groups excluding carboxylic acids is 6. The van der Waals surface area contributed by atoms with E-state index in [1.54, 1.807) is 99.6 Å². The molecule has 0 spiro atoms. The van der Waals surface area contributed by atoms with Gasteiger partial charge in [-0.25, -0.2) is 9.59 Å². The molecule has 0 radical (unpaired) electrons. The molecule has 1 heterocycles. The van der Waals surface area contributed by atoms with E-state index in [9.17, 15) is 39.3 Å². The maximum atomic E-state index is 15.2. The molecule has 4 fully saturated rings. The summed E-state index contributed by atoms with van der Waals surface area (Å²) in [6.45, 7) is 8.32. The number of hydrogen-bond acceptors (Lipinski definition) is 14. The van der Waals surface area contributed by atoms with Gasteiger partial charge in [-0.3, -0.25) is 19.2 Å². The second-order valence-corrected chi connectivity index (χ2v) is 17.8. The molecule has 15 heteroatoms. The molecule has 3 aliphatic carbocycles. The highest BCUT2D eigenvalue weighted by atomic mass is 16.6. The number of Topliss-reactive ketones (excluding diaryl/α,β-unsaturated/α-hetero) is 1. The van der Waals surface area contributed by atoms with E-state index < -0.39 is 124 Å². The van der Waals surface area contributed by atoms with E-state index in [2.05, 4.69) is 5.32 Å². The van der Waals surface area contributed by atoms with Crippen LogP contribution in [0.1, 0.15) is 80.7 Å². The van der Waals surface area contributed by atoms with Gasteiger partial charge in [0.1, 0.15) is 23.9 Å². The van der Waals surface area contributed by atoms with Crippen LogP contribution >= 0.6 is 0 Å². The zero-order valence-electron chi connectivity index (χ0n) is 35.4. The number of hydrogen-bond donors (Lipinski definition) is 4. The summed E-state index contributed by atoms with van der Waals surface area (Å²) in [6, 6.07) is 24.4. The second kappa shape index (κ2) is 16.7. The topological polar surface area (TPSA) is 221 Å². The zero-order chi connectivity index (χ0) is 44.9. The number of carbonyl (C=O) groups is 6. The fraction of sp³-hybridized carbons (Fsp3) is 0.489. The first-order valence-corrected chi connectivity index (χ1v) is 20.8. The Morgan fingerprint density at radius 3 is 1.97 bits per heavy atom. The first kappa shape index (κ1) is 44.6. The van der Waals surface area contributed by atoms with Gasteiger partial charge in [-0.1, -0.05) is 87.5 Å². The monoisotopic (exact) mass is 855 g/mol. The van der Waals surface area contributed by atoms with Gasteiger partial charge < -0.3 is 44.3 Å². The van der Waals surface area contributed by atoms with Gasteiger partial charge in [0.05, 0.1) is 35.6 Å². The van der Waals surface area contributed by atoms with Crippen molar-refractivity contribution in [2.45, 2.75) is 108 Å². The third-order valence-electron chi connectivity index (χ3n) is 13.9. The van der Waals surface area contributed by atoms with E-state index in [0.29, 0.717) is 5.56 Å². The molecule has 330 valence electrons. The fourth-order valence-electron chi connectivity index (χ4n) is 10.6. The molecular weight excluding hydrogens is 803 g/mol. The standard InChI is InChI=1S/C47H53NO14/c1-25-32(60-43(56)39(53)45(6,30-20-14-9-15-21-30)48-41(54)28-16-10-7-11-17-28)23-47(57)40(61-42(55)29-18-12-8-13-19-29)36-34(31(51)22-33-46(36,24-58-33)62-27(3)50)37(52)38(59-26(2)49)35(25)44(47,4)5/h7-21,25,31-36,38-40,51,53,57H,22-24H2,1-6H3,(H,48,54)/t25?,31-,32-,33+,34?,35?,36?,38+,39-,40-,45+,46-,47+/m0/s1. The molecular formula is C47H53NO14. The molecule has 3 aromatic carbocycles. The Morgan fingerprint density at radius 2 is 1.42 bits per heavy atom. The highest BCUT2D eigenvalue weighted by Crippen LogP contribution is 2.62. The van der Waals surface area contributed by atoms with Crippen LogP contribution in [0, 0.1) is 29.1 Å². The van der Waals surface area contributed by atoms with E-state index in [4.69, 9.17) is 23.7 Å². The number of rotatable bonds is 10. The van der Waals surface area contributed by atoms with Crippen molar-refractivity contribution in [3.8, 4) is 0 Å². The van der Waals surface area contributed by atoms with Crippen molar-refractivity contribution in [2.24, 2.45) is 29.1 Å². The SMILES string of the molecule is CC(=O)O[C@H]1C(=O)C2C([C@H](OC(=O)c3ccccc3)[C@]3(O)C[C@H](OC(=O)[C@H](O)[C@](C)(NC(=O)c4ccccc4)c4ccccc4)C(C)C1C3(C)C)[C@]1(OC(C)=O)CO[C@@H]1C[C@@H]2O. The van der Waals surface area contributed by atoms with Gasteiger partial charge in [0, 0.05) is 49.5 Å². The minimum atomic E-state index is -2.32. The summed E-state index contributed by atoms with van der Waals surface area (Å²) in [6.07, 6.45) is -10.0. The maximum Gasteiger partial charge on any atom is 0.338 e. The van der Waals surface area contributed by atoms with E-state index in [1.807, 2.05) is 0 Å². The molecule has 7 rings (SSSR count). The van der Waals surface area contributed by atoms with Crippen molar-refractivity contribution >= 4 is 35.6 Å². The smallest absolute Gasteiger partial charge is 0.338 e. The van der Waals surface area contributed by atoms with E-state index in [0.717, 1.165) is 13.8 Å². The number of ketones is 1. The van der Waals surface area contributed by atoms with Gasteiger partial charge in [-0.2, -0.15) is 0 Å². The average Bonchev–Trinajstić information content (AvgIpc) is 3.23. The van der Waals surface area contributed by atoms with Gasteiger partial charge in [-0.15, -0.1) is 0 Å². The Morgan fingerprint density at radius 1 is 0.839 bits per heavy atom. The van der Waals surface area contributed by atoms with Crippen LogP contribution in [0.3, 0.4) is 0 Å². The summed E-state index contributed by atoms with van der Waals surface area (Å²) in [7, 11) is 0. The van der Waals surface area contributed by atoms with Gasteiger partial charge in [-0.05, 0) is 36.8 Å². The third-order valence-corrected chi connectivity index (χ3v) is 13.9. The number of aliphatic hydroxyl groups excluding tert-OH is 2. The molecule has 1 aliphatic heterocycles. The summed E-state index contributed by atoms with van der Waals surface area (Å²) >= 11 is 0. The Labute approximate surface area is 359 Å². The number of nitrogens with one attached hydrogen (secondary N) is 1. The molecule has 1 saturated heterocycles. The van der Waals surface area contributed by atoms with Gasteiger partial charge in [0.15, 0.2) is 23.6 Å². The number of amides is 1. The first-order chi connectivity index (χ1) is 29.3. The van der Waals surface area contributed by atoms with Crippen molar-refractivity contribution in [3.05, 3.63) is 108 Å². The van der Waals surface area contributed by atoms with Crippen LogP contribution in [0.25, 0.3) is 0 Å². The second-order valence-electron chi connectivity index (χ2n) is 17.8. The molecule has 62 heavy (non-hydrogen) atoms. The summed E-state index contributed by atoms with van der Waals surface area (Å²) in [5, 5.41) is 40.3. The van der Waals surface area contributed by atoms with Gasteiger partial charge in [0.2, 0.25) is 0 Å². The molecule has 3 saturated carbocycles. The lowest BCUT2D eigenvalue weighted by Crippen LogP contribution is -2.80. The van der Waals surface area contributed by atoms with E-state index in [-0.39, 0.29) is 24.2 Å². The highest BCUT2D eigenvalue weighted by Gasteiger charge is 2.76. The summed E-state index contributed by atoms with van der Waals surface area (Å²) in [4.78, 5) is 83.4. The number of fused-ring (bicyclic) bond motifs is 5. The predicted molar refractivity (Wildman–Crippen MR) is 218 cm³/mol. The van der Waals surface area contributed by atoms with Crippen molar-refractivity contribution in [1.29, 1.82) is 0 Å². The lowest BCUT2D eigenvalue weighted by Gasteiger charge is -2.66. The quantitative estimate of drug-likeness (QED) is 0.170. The molecule has 0 aromatic heterocycles. The highest BCUT2D eigenvalue weighted by molar-refractivity contribution is 5.95. The molecule has 4 unspecified atom stereocenters. The maximum absolute atomic E-state index is 15.2. The molecule has 15 nitrogen and oxygen atoms in total. The average molecular weight is 856 g/mol. The summed E-state index contributed by atoms with van der Waals surface area (Å²) in [5.41, 5.74) is -6.66. The van der Waals surface area contributed by atoms with Crippen LogP contribution in [0.2, 0.25) is 0 Å². The Bertz CT molecular complexity index is 2200. The Hall–Kier alpha value is -5.48. The first-order valence-electron chi connectivity index (χ1n) is 20.8. The van der Waals surface area contributed by atoms with E-state index in [1.165, 1.54) is 19.1 Å². The van der Waals surface area contributed by atoms with Crippen LogP contribution in [0.5, 0.6) is 0 Å². The van der Waals surface area contributed by atoms with Crippen molar-refractivity contribution in [3.63, 3.8) is 0 Å². The molecule has 2 bridgehead atoms. The molecule has 13 atom stereocenters. The van der Waals surface area contributed by atoms with Crippen LogP contribution in [0.4, 0.5) is 0 Å². The molecule has 1 amide bonds. The lowest BCUT2D eigenvalue weighted by molar-refractivity contribution is -0.342. The Kier molecular flexibility index (Phi) is 12.0. The van der Waals surface area contributed by atoms with Crippen LogP contribution in [-0.2, 0) is 48.4 Å².